The normalized spacial score (nSPS) is 15.6. The van der Waals surface area contributed by atoms with Gasteiger partial charge in [-0.15, -0.1) is 0 Å². The second-order valence-electron chi connectivity index (χ2n) is 9.74. The molecule has 1 fully saturated rings. The molecule has 11 heteroatoms. The number of hydrogen-bond acceptors (Lipinski definition) is 8. The molecule has 198 valence electrons. The highest BCUT2D eigenvalue weighted by Crippen LogP contribution is 2.31. The summed E-state index contributed by atoms with van der Waals surface area (Å²) >= 11 is 0. The third kappa shape index (κ3) is 4.74. The number of carboxylic acid groups (broad SMARTS) is 1. The van der Waals surface area contributed by atoms with E-state index in [1.807, 2.05) is 74.0 Å². The molecule has 2 aromatic carbocycles. The smallest absolute Gasteiger partial charge is 0.407 e. The largest absolute Gasteiger partial charge is 0.465 e. The summed E-state index contributed by atoms with van der Waals surface area (Å²) in [7, 11) is 1.96. The Balaban J connectivity index is 1.22. The Kier molecular flexibility index (Phi) is 6.10. The first-order valence-corrected chi connectivity index (χ1v) is 12.7. The Labute approximate surface area is 224 Å². The Morgan fingerprint density at radius 1 is 1.05 bits per heavy atom. The highest BCUT2D eigenvalue weighted by atomic mass is 16.5. The van der Waals surface area contributed by atoms with Crippen LogP contribution in [0.2, 0.25) is 0 Å². The molecule has 1 amide bonds. The van der Waals surface area contributed by atoms with Crippen LogP contribution in [-0.2, 0) is 7.05 Å². The van der Waals surface area contributed by atoms with Crippen molar-refractivity contribution in [3.8, 4) is 11.5 Å². The van der Waals surface area contributed by atoms with Gasteiger partial charge in [0.15, 0.2) is 5.82 Å². The average Bonchev–Trinajstić information content (AvgIpc) is 3.29. The molecule has 0 radical (unpaired) electrons. The van der Waals surface area contributed by atoms with E-state index in [0.29, 0.717) is 31.0 Å². The first kappa shape index (κ1) is 24.4. The maximum atomic E-state index is 11.4. The van der Waals surface area contributed by atoms with E-state index in [1.165, 1.54) is 11.2 Å². The number of aryl methyl sites for hydroxylation is 2. The molecule has 5 aromatic rings. The van der Waals surface area contributed by atoms with Crippen LogP contribution in [0.5, 0.6) is 11.5 Å². The van der Waals surface area contributed by atoms with Crippen molar-refractivity contribution in [3.05, 3.63) is 66.7 Å². The van der Waals surface area contributed by atoms with Gasteiger partial charge in [0.05, 0.1) is 22.9 Å². The average molecular weight is 525 g/mol. The Morgan fingerprint density at radius 3 is 2.72 bits per heavy atom. The van der Waals surface area contributed by atoms with Gasteiger partial charge in [-0.05, 0) is 61.9 Å². The van der Waals surface area contributed by atoms with Crippen LogP contribution in [0, 0.1) is 6.92 Å². The third-order valence-electron chi connectivity index (χ3n) is 7.03. The van der Waals surface area contributed by atoms with Crippen LogP contribution >= 0.6 is 0 Å². The molecule has 11 nitrogen and oxygen atoms in total. The summed E-state index contributed by atoms with van der Waals surface area (Å²) in [6.07, 6.45) is 2.40. The minimum atomic E-state index is -0.894. The van der Waals surface area contributed by atoms with E-state index in [1.54, 1.807) is 6.33 Å². The van der Waals surface area contributed by atoms with Gasteiger partial charge in [0, 0.05) is 44.5 Å². The van der Waals surface area contributed by atoms with Crippen molar-refractivity contribution >= 4 is 45.5 Å². The Bertz CT molecular complexity index is 1700. The van der Waals surface area contributed by atoms with Gasteiger partial charge in [-0.1, -0.05) is 0 Å². The number of rotatable bonds is 5. The lowest BCUT2D eigenvalue weighted by Gasteiger charge is -2.38. The minimum Gasteiger partial charge on any atom is -0.465 e. The fraction of sp³-hybridized carbons (Fsp3) is 0.250. The molecule has 3 aromatic heterocycles. The van der Waals surface area contributed by atoms with Crippen molar-refractivity contribution in [2.45, 2.75) is 19.9 Å². The standard InChI is InChI=1S/C28H28N8O3/c1-17-12-19(4-8-24(17)39-20-5-7-23-22(13-20)31-16-34(23)3)32-27-26-21(29-15-30-27)6-9-25(33-26)35-10-11-36(28(37)38)18(2)14-35/h4-9,12-13,15-16,18H,10-11,14H2,1-3H3,(H,37,38)(H,29,30,32)/t18-/m1/s1. The molecule has 1 aliphatic heterocycles. The van der Waals surface area contributed by atoms with Crippen LogP contribution in [0.25, 0.3) is 22.1 Å². The van der Waals surface area contributed by atoms with E-state index in [0.717, 1.165) is 45.1 Å². The molecule has 6 rings (SSSR count). The lowest BCUT2D eigenvalue weighted by Crippen LogP contribution is -2.53. The topological polar surface area (TPSA) is 122 Å². The van der Waals surface area contributed by atoms with Crippen LogP contribution in [0.1, 0.15) is 12.5 Å². The summed E-state index contributed by atoms with van der Waals surface area (Å²) in [5, 5.41) is 12.8. The summed E-state index contributed by atoms with van der Waals surface area (Å²) in [5.41, 5.74) is 5.09. The lowest BCUT2D eigenvalue weighted by atomic mass is 10.2. The number of fused-ring (bicyclic) bond motifs is 2. The summed E-state index contributed by atoms with van der Waals surface area (Å²) in [5.74, 6) is 2.83. The molecule has 0 bridgehead atoms. The zero-order chi connectivity index (χ0) is 27.1. The monoisotopic (exact) mass is 524 g/mol. The fourth-order valence-electron chi connectivity index (χ4n) is 4.93. The van der Waals surface area contributed by atoms with Gasteiger partial charge in [-0.3, -0.25) is 0 Å². The van der Waals surface area contributed by atoms with Crippen LogP contribution in [0.3, 0.4) is 0 Å². The number of benzene rings is 2. The number of imidazole rings is 1. The number of carbonyl (C=O) groups is 1. The van der Waals surface area contributed by atoms with E-state index < -0.39 is 6.09 Å². The fourth-order valence-corrected chi connectivity index (χ4v) is 4.93. The van der Waals surface area contributed by atoms with Crippen molar-refractivity contribution in [1.82, 2.24) is 29.4 Å². The second kappa shape index (κ2) is 9.75. The summed E-state index contributed by atoms with van der Waals surface area (Å²) in [6, 6.07) is 15.4. The summed E-state index contributed by atoms with van der Waals surface area (Å²) in [4.78, 5) is 33.1. The molecule has 0 spiro atoms. The molecule has 0 aliphatic carbocycles. The molecule has 0 saturated carbocycles. The van der Waals surface area contributed by atoms with E-state index in [4.69, 9.17) is 9.72 Å². The molecule has 4 heterocycles. The Morgan fingerprint density at radius 2 is 1.92 bits per heavy atom. The predicted octanol–water partition coefficient (Wildman–Crippen LogP) is 4.94. The van der Waals surface area contributed by atoms with Gasteiger partial charge in [0.1, 0.15) is 29.2 Å². The van der Waals surface area contributed by atoms with Gasteiger partial charge in [0.25, 0.3) is 0 Å². The number of aromatic nitrogens is 5. The predicted molar refractivity (Wildman–Crippen MR) is 149 cm³/mol. The van der Waals surface area contributed by atoms with Crippen molar-refractivity contribution in [2.24, 2.45) is 7.05 Å². The number of nitrogens with zero attached hydrogens (tertiary/aromatic N) is 7. The van der Waals surface area contributed by atoms with Gasteiger partial charge < -0.3 is 29.5 Å². The number of amides is 1. The SMILES string of the molecule is Cc1cc(Nc2ncnc3ccc(N4CCN(C(=O)O)[C@H](C)C4)nc23)ccc1Oc1ccc2c(c1)ncn2C. The highest BCUT2D eigenvalue weighted by molar-refractivity contribution is 5.88. The van der Waals surface area contributed by atoms with E-state index >= 15 is 0 Å². The molecule has 1 saturated heterocycles. The molecule has 39 heavy (non-hydrogen) atoms. The number of pyridine rings is 1. The number of hydrogen-bond donors (Lipinski definition) is 2. The van der Waals surface area contributed by atoms with Crippen molar-refractivity contribution in [2.75, 3.05) is 29.9 Å². The maximum Gasteiger partial charge on any atom is 0.407 e. The molecule has 0 unspecified atom stereocenters. The number of nitrogens with one attached hydrogen (secondary N) is 1. The van der Waals surface area contributed by atoms with Crippen LogP contribution < -0.4 is 15.0 Å². The molecule has 2 N–H and O–H groups in total. The van der Waals surface area contributed by atoms with E-state index in [2.05, 4.69) is 25.2 Å². The van der Waals surface area contributed by atoms with Crippen LogP contribution in [-0.4, -0.2) is 66.3 Å². The van der Waals surface area contributed by atoms with Crippen molar-refractivity contribution < 1.29 is 14.6 Å². The summed E-state index contributed by atoms with van der Waals surface area (Å²) < 4.78 is 8.13. The molecular weight excluding hydrogens is 496 g/mol. The zero-order valence-electron chi connectivity index (χ0n) is 21.9. The number of anilines is 3. The highest BCUT2D eigenvalue weighted by Gasteiger charge is 2.28. The van der Waals surface area contributed by atoms with Crippen LogP contribution in [0.15, 0.2) is 61.2 Å². The van der Waals surface area contributed by atoms with Crippen LogP contribution in [0.4, 0.5) is 22.1 Å². The van der Waals surface area contributed by atoms with Gasteiger partial charge >= 0.3 is 6.09 Å². The van der Waals surface area contributed by atoms with E-state index in [9.17, 15) is 9.90 Å². The number of ether oxygens (including phenoxy) is 1. The van der Waals surface area contributed by atoms with Gasteiger partial charge in [-0.25, -0.2) is 24.7 Å². The van der Waals surface area contributed by atoms with Gasteiger partial charge in [0.2, 0.25) is 0 Å². The quantitative estimate of drug-likeness (QED) is 0.329. The Hall–Kier alpha value is -4.93. The van der Waals surface area contributed by atoms with Crippen molar-refractivity contribution in [1.29, 1.82) is 0 Å². The lowest BCUT2D eigenvalue weighted by molar-refractivity contribution is 0.122. The third-order valence-corrected chi connectivity index (χ3v) is 7.03. The minimum absolute atomic E-state index is 0.132. The van der Waals surface area contributed by atoms with Crippen molar-refractivity contribution in [3.63, 3.8) is 0 Å². The second-order valence-corrected chi connectivity index (χ2v) is 9.74. The first-order valence-electron chi connectivity index (χ1n) is 12.7. The maximum absolute atomic E-state index is 11.4. The molecule has 1 aliphatic rings. The zero-order valence-corrected chi connectivity index (χ0v) is 21.9. The first-order chi connectivity index (χ1) is 18.9. The molecular formula is C28H28N8O3. The van der Waals surface area contributed by atoms with Gasteiger partial charge in [-0.2, -0.15) is 0 Å². The van der Waals surface area contributed by atoms with E-state index in [-0.39, 0.29) is 6.04 Å². The summed E-state index contributed by atoms with van der Waals surface area (Å²) in [6.45, 7) is 5.46. The number of piperazine rings is 1. The molecule has 1 atom stereocenters.